The summed E-state index contributed by atoms with van der Waals surface area (Å²) in [6, 6.07) is 7.38. The lowest BCUT2D eigenvalue weighted by Gasteiger charge is -2.22. The van der Waals surface area contributed by atoms with E-state index in [1.807, 2.05) is 24.3 Å². The summed E-state index contributed by atoms with van der Waals surface area (Å²) in [5.74, 6) is -0.170. The zero-order valence-corrected chi connectivity index (χ0v) is 16.1. The van der Waals surface area contributed by atoms with E-state index in [0.717, 1.165) is 17.6 Å². The fourth-order valence-electron chi connectivity index (χ4n) is 3.14. The highest BCUT2D eigenvalue weighted by atomic mass is 32.2. The van der Waals surface area contributed by atoms with E-state index in [9.17, 15) is 18.0 Å². The quantitative estimate of drug-likeness (QED) is 0.770. The highest BCUT2D eigenvalue weighted by molar-refractivity contribution is 7.91. The van der Waals surface area contributed by atoms with E-state index in [4.69, 9.17) is 4.74 Å². The van der Waals surface area contributed by atoms with Crippen molar-refractivity contribution in [2.75, 3.05) is 30.8 Å². The predicted molar refractivity (Wildman–Crippen MR) is 102 cm³/mol. The number of benzene rings is 1. The summed E-state index contributed by atoms with van der Waals surface area (Å²) in [5, 5.41) is 4.95. The van der Waals surface area contributed by atoms with Gasteiger partial charge in [0.2, 0.25) is 5.91 Å². The molecule has 8 nitrogen and oxygen atoms in total. The molecule has 1 saturated heterocycles. The monoisotopic (exact) mass is 393 g/mol. The maximum absolute atomic E-state index is 12.1. The Morgan fingerprint density at radius 3 is 2.67 bits per heavy atom. The molecule has 2 heterocycles. The lowest BCUT2D eigenvalue weighted by atomic mass is 10.00. The fourth-order valence-corrected chi connectivity index (χ4v) is 3.97. The summed E-state index contributed by atoms with van der Waals surface area (Å²) >= 11 is 0. The molecule has 2 N–H and O–H groups in total. The number of ether oxygens (including phenoxy) is 1. The van der Waals surface area contributed by atoms with Gasteiger partial charge in [-0.15, -0.1) is 0 Å². The summed E-state index contributed by atoms with van der Waals surface area (Å²) in [7, 11) is -3.20. The minimum absolute atomic E-state index is 0.170. The van der Waals surface area contributed by atoms with Crippen LogP contribution in [0.3, 0.4) is 0 Å². The van der Waals surface area contributed by atoms with Gasteiger partial charge in [-0.1, -0.05) is 12.1 Å². The van der Waals surface area contributed by atoms with E-state index in [1.165, 1.54) is 18.1 Å². The molecule has 0 bridgehead atoms. The van der Waals surface area contributed by atoms with Gasteiger partial charge in [0.1, 0.15) is 11.5 Å². The first kappa shape index (κ1) is 19.4. The van der Waals surface area contributed by atoms with E-state index in [2.05, 4.69) is 10.6 Å². The van der Waals surface area contributed by atoms with Crippen molar-refractivity contribution < 1.29 is 22.7 Å². The topological polar surface area (TPSA) is 105 Å². The molecular weight excluding hydrogens is 370 g/mol. The standard InChI is InChI=1S/C18H23N3O5S/c1-12(22)20-10-16-11-21(18(23)26-16)15-5-3-13(4-6-15)14-7-8-19-17(9-14)27(2,24)25/h3-6,9,16-17,19H,7-8,10-11H2,1-2H3,(H,20,22)/t16-,17?/m0/s1. The van der Waals surface area contributed by atoms with Crippen LogP contribution in [0.5, 0.6) is 0 Å². The number of cyclic esters (lactones) is 1. The van der Waals surface area contributed by atoms with Gasteiger partial charge in [0, 0.05) is 25.4 Å². The third kappa shape index (κ3) is 4.67. The van der Waals surface area contributed by atoms with Gasteiger partial charge in [-0.3, -0.25) is 15.0 Å². The average molecular weight is 393 g/mol. The number of sulfone groups is 1. The Bertz CT molecular complexity index is 863. The van der Waals surface area contributed by atoms with Crippen molar-refractivity contribution in [3.05, 3.63) is 35.9 Å². The van der Waals surface area contributed by atoms with Crippen LogP contribution in [0.15, 0.2) is 30.3 Å². The van der Waals surface area contributed by atoms with E-state index < -0.39 is 21.3 Å². The molecule has 1 fully saturated rings. The van der Waals surface area contributed by atoms with Crippen LogP contribution in [0.4, 0.5) is 10.5 Å². The minimum Gasteiger partial charge on any atom is -0.442 e. The Balaban J connectivity index is 1.71. The van der Waals surface area contributed by atoms with Crippen molar-refractivity contribution in [1.82, 2.24) is 10.6 Å². The van der Waals surface area contributed by atoms with Gasteiger partial charge in [0.25, 0.3) is 0 Å². The van der Waals surface area contributed by atoms with Gasteiger partial charge in [-0.05, 0) is 35.8 Å². The molecule has 1 unspecified atom stereocenters. The number of anilines is 1. The zero-order chi connectivity index (χ0) is 19.6. The summed E-state index contributed by atoms with van der Waals surface area (Å²) in [6.45, 7) is 2.65. The first-order valence-electron chi connectivity index (χ1n) is 8.70. The maximum Gasteiger partial charge on any atom is 0.414 e. The number of carbonyl (C=O) groups excluding carboxylic acids is 2. The molecular formula is C18H23N3O5S. The maximum atomic E-state index is 12.1. The predicted octanol–water partition coefficient (Wildman–Crippen LogP) is 0.895. The number of carbonyl (C=O) groups is 2. The molecule has 146 valence electrons. The third-order valence-electron chi connectivity index (χ3n) is 4.56. The fraction of sp³-hybridized carbons (Fsp3) is 0.444. The van der Waals surface area contributed by atoms with Crippen LogP contribution < -0.4 is 15.5 Å². The van der Waals surface area contributed by atoms with Crippen LogP contribution in [-0.4, -0.2) is 57.8 Å². The first-order chi connectivity index (χ1) is 12.7. The summed E-state index contributed by atoms with van der Waals surface area (Å²) in [4.78, 5) is 24.6. The zero-order valence-electron chi connectivity index (χ0n) is 15.3. The molecule has 2 atom stereocenters. The first-order valence-corrected chi connectivity index (χ1v) is 10.7. The molecule has 0 radical (unpaired) electrons. The van der Waals surface area contributed by atoms with Gasteiger partial charge < -0.3 is 10.1 Å². The highest BCUT2D eigenvalue weighted by Gasteiger charge is 2.32. The normalized spacial score (nSPS) is 23.0. The van der Waals surface area contributed by atoms with Crippen molar-refractivity contribution in [3.63, 3.8) is 0 Å². The van der Waals surface area contributed by atoms with Crippen LogP contribution in [0, 0.1) is 0 Å². The van der Waals surface area contributed by atoms with Gasteiger partial charge >= 0.3 is 6.09 Å². The van der Waals surface area contributed by atoms with E-state index >= 15 is 0 Å². The molecule has 27 heavy (non-hydrogen) atoms. The molecule has 2 aliphatic rings. The van der Waals surface area contributed by atoms with E-state index in [0.29, 0.717) is 18.8 Å². The molecule has 0 saturated carbocycles. The van der Waals surface area contributed by atoms with Crippen LogP contribution in [0.25, 0.3) is 5.57 Å². The highest BCUT2D eigenvalue weighted by Crippen LogP contribution is 2.27. The molecule has 0 spiro atoms. The summed E-state index contributed by atoms with van der Waals surface area (Å²) in [6.07, 6.45) is 2.85. The Morgan fingerprint density at radius 2 is 2.04 bits per heavy atom. The molecule has 0 aliphatic carbocycles. The molecule has 0 aromatic heterocycles. The van der Waals surface area contributed by atoms with Crippen molar-refractivity contribution in [2.45, 2.75) is 24.8 Å². The smallest absolute Gasteiger partial charge is 0.414 e. The average Bonchev–Trinajstić information content (AvgIpc) is 3.00. The number of rotatable bonds is 5. The van der Waals surface area contributed by atoms with Crippen molar-refractivity contribution in [3.8, 4) is 0 Å². The second kappa shape index (κ2) is 7.69. The van der Waals surface area contributed by atoms with Crippen LogP contribution in [0.1, 0.15) is 18.9 Å². The second-order valence-corrected chi connectivity index (χ2v) is 8.91. The number of nitrogens with one attached hydrogen (secondary N) is 2. The number of nitrogens with zero attached hydrogens (tertiary/aromatic N) is 1. The Morgan fingerprint density at radius 1 is 1.33 bits per heavy atom. The Hall–Kier alpha value is -2.39. The van der Waals surface area contributed by atoms with E-state index in [1.54, 1.807) is 6.08 Å². The third-order valence-corrected chi connectivity index (χ3v) is 5.78. The largest absolute Gasteiger partial charge is 0.442 e. The minimum atomic E-state index is -3.20. The molecule has 9 heteroatoms. The van der Waals surface area contributed by atoms with Crippen molar-refractivity contribution >= 4 is 33.1 Å². The number of hydrogen-bond acceptors (Lipinski definition) is 6. The Kier molecular flexibility index (Phi) is 5.52. The van der Waals surface area contributed by atoms with Gasteiger partial charge in [-0.25, -0.2) is 13.2 Å². The summed E-state index contributed by atoms with van der Waals surface area (Å²) in [5.41, 5.74) is 2.59. The van der Waals surface area contributed by atoms with Crippen LogP contribution in [0.2, 0.25) is 0 Å². The SMILES string of the molecule is CC(=O)NC[C@H]1CN(c2ccc(C3=CC(S(C)(=O)=O)NCC3)cc2)C(=O)O1. The molecule has 2 amide bonds. The summed E-state index contributed by atoms with van der Waals surface area (Å²) < 4.78 is 28.8. The lowest BCUT2D eigenvalue weighted by Crippen LogP contribution is -2.38. The van der Waals surface area contributed by atoms with Crippen molar-refractivity contribution in [2.24, 2.45) is 0 Å². The van der Waals surface area contributed by atoms with E-state index in [-0.39, 0.29) is 18.6 Å². The van der Waals surface area contributed by atoms with Crippen molar-refractivity contribution in [1.29, 1.82) is 0 Å². The molecule has 2 aliphatic heterocycles. The lowest BCUT2D eigenvalue weighted by molar-refractivity contribution is -0.119. The number of amides is 2. The molecule has 3 rings (SSSR count). The molecule has 1 aromatic rings. The molecule has 1 aromatic carbocycles. The van der Waals surface area contributed by atoms with Crippen LogP contribution >= 0.6 is 0 Å². The van der Waals surface area contributed by atoms with Crippen LogP contribution in [-0.2, 0) is 19.4 Å². The Labute approximate surface area is 158 Å². The van der Waals surface area contributed by atoms with Gasteiger partial charge in [-0.2, -0.15) is 0 Å². The van der Waals surface area contributed by atoms with Gasteiger partial charge in [0.15, 0.2) is 9.84 Å². The van der Waals surface area contributed by atoms with Gasteiger partial charge in [0.05, 0.1) is 13.1 Å². The number of hydrogen-bond donors (Lipinski definition) is 2. The second-order valence-electron chi connectivity index (χ2n) is 6.75.